The maximum absolute atomic E-state index is 13.3. The normalized spacial score (nSPS) is 13.8. The summed E-state index contributed by atoms with van der Waals surface area (Å²) in [5, 5.41) is 21.0. The Morgan fingerprint density at radius 1 is 1.33 bits per heavy atom. The van der Waals surface area contributed by atoms with Crippen LogP contribution in [0, 0.1) is 11.3 Å². The Morgan fingerprint density at radius 2 is 1.96 bits per heavy atom. The van der Waals surface area contributed by atoms with Crippen molar-refractivity contribution in [3.63, 3.8) is 0 Å². The largest absolute Gasteiger partial charge is 0.423 e. The molecule has 1 atom stereocenters. The van der Waals surface area contributed by atoms with E-state index in [0.717, 1.165) is 12.1 Å². The fourth-order valence-corrected chi connectivity index (χ4v) is 2.23. The van der Waals surface area contributed by atoms with Crippen molar-refractivity contribution in [3.8, 4) is 6.07 Å². The van der Waals surface area contributed by atoms with E-state index in [1.54, 1.807) is 0 Å². The predicted molar refractivity (Wildman–Crippen MR) is 78.9 cm³/mol. The number of aromatic nitrogens is 1. The topological polar surface area (TPSA) is 78.0 Å². The lowest BCUT2D eigenvalue weighted by atomic mass is 9.93. The van der Waals surface area contributed by atoms with Gasteiger partial charge in [0.2, 0.25) is 5.60 Å². The third-order valence-corrected chi connectivity index (χ3v) is 3.59. The van der Waals surface area contributed by atoms with Crippen LogP contribution in [0.4, 0.5) is 13.2 Å². The minimum Gasteiger partial charge on any atom is -0.375 e. The average Bonchev–Trinajstić information content (AvgIpc) is 2.93. The summed E-state index contributed by atoms with van der Waals surface area (Å²) in [5.41, 5.74) is -3.36. The summed E-state index contributed by atoms with van der Waals surface area (Å²) in [6, 6.07) is 9.61. The number of aryl methyl sites for hydroxylation is 1. The van der Waals surface area contributed by atoms with Gasteiger partial charge in [-0.25, -0.2) is 0 Å². The molecule has 8 heteroatoms. The molecule has 1 amide bonds. The molecular weight excluding hydrogens is 323 g/mol. The molecule has 1 heterocycles. The molecule has 2 aromatic rings. The van der Waals surface area contributed by atoms with Gasteiger partial charge in [-0.05, 0) is 11.6 Å². The van der Waals surface area contributed by atoms with Crippen LogP contribution >= 0.6 is 0 Å². The molecule has 0 radical (unpaired) electrons. The second kappa shape index (κ2) is 6.37. The Kier molecular flexibility index (Phi) is 4.66. The molecular formula is C16H14F3N3O2. The summed E-state index contributed by atoms with van der Waals surface area (Å²) in [6.45, 7) is -1.05. The van der Waals surface area contributed by atoms with Crippen LogP contribution in [0.25, 0.3) is 0 Å². The summed E-state index contributed by atoms with van der Waals surface area (Å²) >= 11 is 0. The van der Waals surface area contributed by atoms with Crippen LogP contribution < -0.4 is 5.32 Å². The summed E-state index contributed by atoms with van der Waals surface area (Å²) in [6.07, 6.45) is -3.60. The Labute approximate surface area is 135 Å². The van der Waals surface area contributed by atoms with E-state index in [4.69, 9.17) is 5.26 Å². The molecule has 0 spiro atoms. The third-order valence-electron chi connectivity index (χ3n) is 3.59. The van der Waals surface area contributed by atoms with E-state index in [0.29, 0.717) is 0 Å². The maximum atomic E-state index is 13.3. The van der Waals surface area contributed by atoms with Crippen LogP contribution in [0.15, 0.2) is 42.6 Å². The molecule has 24 heavy (non-hydrogen) atoms. The zero-order valence-electron chi connectivity index (χ0n) is 12.6. The predicted octanol–water partition coefficient (Wildman–Crippen LogP) is 2.08. The number of carbonyl (C=O) groups excluding carboxylic acids is 1. The highest BCUT2D eigenvalue weighted by atomic mass is 19.4. The Morgan fingerprint density at radius 3 is 2.46 bits per heavy atom. The third kappa shape index (κ3) is 3.26. The number of hydrogen-bond acceptors (Lipinski definition) is 3. The number of nitrogens with one attached hydrogen (secondary N) is 1. The Balaban J connectivity index is 2.24. The van der Waals surface area contributed by atoms with E-state index in [1.807, 2.05) is 6.07 Å². The van der Waals surface area contributed by atoms with Crippen LogP contribution in [0.1, 0.15) is 21.6 Å². The first-order chi connectivity index (χ1) is 11.2. The number of aliphatic hydroxyl groups is 1. The fraction of sp³-hybridized carbons (Fsp3) is 0.250. The summed E-state index contributed by atoms with van der Waals surface area (Å²) < 4.78 is 41.3. The maximum Gasteiger partial charge on any atom is 0.423 e. The standard InChI is InChI=1S/C16H14F3N3O2/c1-22-9-11(8-20)7-13(22)14(23)21-10-15(24,16(17,18)19)12-5-3-2-4-6-12/h2-7,9,24H,10H2,1H3,(H,21,23)/t15-/m0/s1. The number of hydrogen-bond donors (Lipinski definition) is 2. The first kappa shape index (κ1) is 17.6. The smallest absolute Gasteiger partial charge is 0.375 e. The lowest BCUT2D eigenvalue weighted by Crippen LogP contribution is -2.51. The van der Waals surface area contributed by atoms with Gasteiger partial charge >= 0.3 is 6.18 Å². The van der Waals surface area contributed by atoms with Crippen LogP contribution in [-0.2, 0) is 12.6 Å². The van der Waals surface area contributed by atoms with Gasteiger partial charge in [0.15, 0.2) is 0 Å². The van der Waals surface area contributed by atoms with Crippen molar-refractivity contribution >= 4 is 5.91 Å². The monoisotopic (exact) mass is 337 g/mol. The van der Waals surface area contributed by atoms with E-state index in [2.05, 4.69) is 5.32 Å². The zero-order chi connectivity index (χ0) is 18.0. The van der Waals surface area contributed by atoms with Gasteiger partial charge in [-0.1, -0.05) is 30.3 Å². The number of alkyl halides is 3. The lowest BCUT2D eigenvalue weighted by Gasteiger charge is -2.31. The fourth-order valence-electron chi connectivity index (χ4n) is 2.23. The van der Waals surface area contributed by atoms with Gasteiger partial charge in [-0.2, -0.15) is 18.4 Å². The molecule has 0 saturated carbocycles. The molecule has 1 aromatic heterocycles. The van der Waals surface area contributed by atoms with Crippen molar-refractivity contribution in [2.24, 2.45) is 7.05 Å². The van der Waals surface area contributed by atoms with E-state index >= 15 is 0 Å². The summed E-state index contributed by atoms with van der Waals surface area (Å²) in [7, 11) is 1.49. The molecule has 2 rings (SSSR count). The van der Waals surface area contributed by atoms with E-state index in [-0.39, 0.29) is 16.8 Å². The molecule has 1 aromatic carbocycles. The minimum absolute atomic E-state index is 0.0177. The highest BCUT2D eigenvalue weighted by Crippen LogP contribution is 2.38. The van der Waals surface area contributed by atoms with Gasteiger partial charge < -0.3 is 15.0 Å². The van der Waals surface area contributed by atoms with Crippen molar-refractivity contribution in [1.82, 2.24) is 9.88 Å². The number of benzene rings is 1. The number of rotatable bonds is 4. The first-order valence-corrected chi connectivity index (χ1v) is 6.88. The second-order valence-electron chi connectivity index (χ2n) is 5.24. The molecule has 0 saturated heterocycles. The van der Waals surface area contributed by atoms with Gasteiger partial charge in [0.1, 0.15) is 11.8 Å². The molecule has 126 valence electrons. The number of amides is 1. The van der Waals surface area contributed by atoms with Crippen molar-refractivity contribution < 1.29 is 23.1 Å². The van der Waals surface area contributed by atoms with Crippen LogP contribution in [0.2, 0.25) is 0 Å². The molecule has 0 aliphatic heterocycles. The Bertz CT molecular complexity index is 778. The molecule has 0 aliphatic carbocycles. The van der Waals surface area contributed by atoms with Crippen molar-refractivity contribution in [2.45, 2.75) is 11.8 Å². The van der Waals surface area contributed by atoms with Gasteiger partial charge in [0.25, 0.3) is 5.91 Å². The number of nitriles is 1. The van der Waals surface area contributed by atoms with E-state index in [9.17, 15) is 23.1 Å². The number of halogens is 3. The van der Waals surface area contributed by atoms with Gasteiger partial charge in [0, 0.05) is 13.2 Å². The van der Waals surface area contributed by atoms with E-state index in [1.165, 1.54) is 42.1 Å². The second-order valence-corrected chi connectivity index (χ2v) is 5.24. The van der Waals surface area contributed by atoms with Crippen molar-refractivity contribution in [2.75, 3.05) is 6.54 Å². The zero-order valence-corrected chi connectivity index (χ0v) is 12.6. The van der Waals surface area contributed by atoms with Gasteiger partial charge in [0.05, 0.1) is 12.1 Å². The average molecular weight is 337 g/mol. The summed E-state index contributed by atoms with van der Waals surface area (Å²) in [5.74, 6) is -0.822. The van der Waals surface area contributed by atoms with Crippen molar-refractivity contribution in [1.29, 1.82) is 5.26 Å². The van der Waals surface area contributed by atoms with Gasteiger partial charge in [-0.3, -0.25) is 4.79 Å². The first-order valence-electron chi connectivity index (χ1n) is 6.88. The molecule has 0 bridgehead atoms. The quantitative estimate of drug-likeness (QED) is 0.897. The van der Waals surface area contributed by atoms with Crippen LogP contribution in [0.3, 0.4) is 0 Å². The highest BCUT2D eigenvalue weighted by molar-refractivity contribution is 5.93. The Hall–Kier alpha value is -2.79. The SMILES string of the molecule is Cn1cc(C#N)cc1C(=O)NC[C@](O)(c1ccccc1)C(F)(F)F. The number of nitrogens with zero attached hydrogens (tertiary/aromatic N) is 2. The van der Waals surface area contributed by atoms with Crippen LogP contribution in [-0.4, -0.2) is 28.3 Å². The molecule has 0 fully saturated rings. The molecule has 2 N–H and O–H groups in total. The van der Waals surface area contributed by atoms with Gasteiger partial charge in [-0.15, -0.1) is 0 Å². The summed E-state index contributed by atoms with van der Waals surface area (Å²) in [4.78, 5) is 12.1. The number of carbonyl (C=O) groups is 1. The minimum atomic E-state index is -4.98. The van der Waals surface area contributed by atoms with Crippen LogP contribution in [0.5, 0.6) is 0 Å². The molecule has 0 unspecified atom stereocenters. The molecule has 0 aliphatic rings. The highest BCUT2D eigenvalue weighted by Gasteiger charge is 2.55. The molecule has 5 nitrogen and oxygen atoms in total. The van der Waals surface area contributed by atoms with Crippen molar-refractivity contribution in [3.05, 3.63) is 59.4 Å². The lowest BCUT2D eigenvalue weighted by molar-refractivity contribution is -0.263. The van der Waals surface area contributed by atoms with E-state index < -0.39 is 24.2 Å².